The summed E-state index contributed by atoms with van der Waals surface area (Å²) in [7, 11) is 0. The molecule has 0 saturated carbocycles. The molecule has 3 rings (SSSR count). The van der Waals surface area contributed by atoms with E-state index in [1.165, 1.54) is 36.4 Å². The SMILES string of the molecule is FC(F)C(F)(F)Oc1ccc([C@H](c2ccc(OC(F)(F)F)cc2)N2CCNCC2)cc1. The Morgan fingerprint density at radius 1 is 0.742 bits per heavy atom. The van der Waals surface area contributed by atoms with Crippen LogP contribution < -0.4 is 14.8 Å². The minimum absolute atomic E-state index is 0.367. The summed E-state index contributed by atoms with van der Waals surface area (Å²) in [5, 5.41) is 3.19. The van der Waals surface area contributed by atoms with E-state index in [0.717, 1.165) is 12.1 Å². The number of hydrogen-bond acceptors (Lipinski definition) is 4. The maximum atomic E-state index is 13.1. The van der Waals surface area contributed by atoms with Gasteiger partial charge in [-0.2, -0.15) is 17.6 Å². The monoisotopic (exact) mass is 452 g/mol. The Bertz CT molecular complexity index is 836. The Balaban J connectivity index is 1.86. The quantitative estimate of drug-likeness (QED) is 0.611. The summed E-state index contributed by atoms with van der Waals surface area (Å²) in [6.45, 7) is 2.64. The van der Waals surface area contributed by atoms with Gasteiger partial charge in [-0.25, -0.2) is 0 Å². The number of nitrogens with one attached hydrogen (secondary N) is 1. The summed E-state index contributed by atoms with van der Waals surface area (Å²) in [4.78, 5) is 2.07. The van der Waals surface area contributed by atoms with Crippen LogP contribution in [0.2, 0.25) is 0 Å². The predicted molar refractivity (Wildman–Crippen MR) is 97.4 cm³/mol. The number of piperazine rings is 1. The highest BCUT2D eigenvalue weighted by Crippen LogP contribution is 2.34. The maximum absolute atomic E-state index is 13.1. The van der Waals surface area contributed by atoms with Crippen LogP contribution in [-0.2, 0) is 0 Å². The second kappa shape index (κ2) is 9.31. The standard InChI is InChI=1S/C20H19F7N2O2/c21-18(22)19(23,24)30-15-5-1-13(2-6-15)17(29-11-9-28-10-12-29)14-3-7-16(8-4-14)31-20(25,26)27/h1-8,17-18,28H,9-12H2/t17-/m1/s1. The van der Waals surface area contributed by atoms with Gasteiger partial charge >= 0.3 is 18.9 Å². The second-order valence-corrected chi connectivity index (χ2v) is 6.84. The lowest BCUT2D eigenvalue weighted by Gasteiger charge is -2.35. The first-order valence-corrected chi connectivity index (χ1v) is 9.30. The van der Waals surface area contributed by atoms with Crippen LogP contribution in [0.25, 0.3) is 0 Å². The molecule has 1 aliphatic rings. The molecule has 0 spiro atoms. The van der Waals surface area contributed by atoms with Gasteiger partial charge in [-0.05, 0) is 35.4 Å². The molecule has 1 aliphatic heterocycles. The highest BCUT2D eigenvalue weighted by molar-refractivity contribution is 5.38. The first-order valence-electron chi connectivity index (χ1n) is 9.30. The molecule has 2 aromatic carbocycles. The lowest BCUT2D eigenvalue weighted by molar-refractivity contribution is -0.274. The van der Waals surface area contributed by atoms with Gasteiger partial charge in [0.2, 0.25) is 0 Å². The molecule has 0 unspecified atom stereocenters. The van der Waals surface area contributed by atoms with Crippen molar-refractivity contribution in [2.45, 2.75) is 24.9 Å². The van der Waals surface area contributed by atoms with Gasteiger partial charge in [0.25, 0.3) is 0 Å². The molecular weight excluding hydrogens is 433 g/mol. The number of nitrogens with zero attached hydrogens (tertiary/aromatic N) is 1. The molecule has 1 fully saturated rings. The molecular formula is C20H19F7N2O2. The zero-order chi connectivity index (χ0) is 22.6. The largest absolute Gasteiger partial charge is 0.573 e. The Kier molecular flexibility index (Phi) is 6.95. The third-order valence-electron chi connectivity index (χ3n) is 4.65. The lowest BCUT2D eigenvalue weighted by atomic mass is 9.96. The number of benzene rings is 2. The molecule has 4 nitrogen and oxygen atoms in total. The van der Waals surface area contributed by atoms with Crippen LogP contribution in [0.1, 0.15) is 17.2 Å². The molecule has 0 aliphatic carbocycles. The molecule has 0 amide bonds. The molecule has 1 atom stereocenters. The van der Waals surface area contributed by atoms with Crippen LogP contribution in [-0.4, -0.2) is 50.0 Å². The van der Waals surface area contributed by atoms with Crippen molar-refractivity contribution >= 4 is 0 Å². The number of hydrogen-bond donors (Lipinski definition) is 1. The molecule has 31 heavy (non-hydrogen) atoms. The predicted octanol–water partition coefficient (Wildman–Crippen LogP) is 4.82. The van der Waals surface area contributed by atoms with Gasteiger partial charge in [0, 0.05) is 26.2 Å². The molecule has 11 heteroatoms. The van der Waals surface area contributed by atoms with Gasteiger partial charge < -0.3 is 14.8 Å². The van der Waals surface area contributed by atoms with E-state index in [-0.39, 0.29) is 5.75 Å². The average Bonchev–Trinajstić information content (AvgIpc) is 2.70. The summed E-state index contributed by atoms with van der Waals surface area (Å²) in [6, 6.07) is 10.2. The molecule has 170 valence electrons. The third kappa shape index (κ3) is 6.23. The molecule has 1 N–H and O–H groups in total. The summed E-state index contributed by atoms with van der Waals surface area (Å²) in [6.07, 6.45) is -13.4. The summed E-state index contributed by atoms with van der Waals surface area (Å²) >= 11 is 0. The van der Waals surface area contributed by atoms with E-state index in [4.69, 9.17) is 0 Å². The molecule has 1 saturated heterocycles. The van der Waals surface area contributed by atoms with E-state index < -0.39 is 30.7 Å². The number of ether oxygens (including phenoxy) is 2. The Morgan fingerprint density at radius 2 is 1.19 bits per heavy atom. The minimum atomic E-state index is -4.81. The van der Waals surface area contributed by atoms with Crippen molar-refractivity contribution in [1.82, 2.24) is 10.2 Å². The molecule has 0 radical (unpaired) electrons. The van der Waals surface area contributed by atoms with Crippen molar-refractivity contribution in [3.63, 3.8) is 0 Å². The van der Waals surface area contributed by atoms with Crippen LogP contribution in [0, 0.1) is 0 Å². The van der Waals surface area contributed by atoms with Crippen molar-refractivity contribution in [1.29, 1.82) is 0 Å². The van der Waals surface area contributed by atoms with Crippen LogP contribution in [0.3, 0.4) is 0 Å². The van der Waals surface area contributed by atoms with Crippen LogP contribution in [0.15, 0.2) is 48.5 Å². The summed E-state index contributed by atoms with van der Waals surface area (Å²) in [5.74, 6) is -0.796. The van der Waals surface area contributed by atoms with Crippen molar-refractivity contribution in [2.24, 2.45) is 0 Å². The van der Waals surface area contributed by atoms with E-state index in [2.05, 4.69) is 19.7 Å². The van der Waals surface area contributed by atoms with E-state index >= 15 is 0 Å². The van der Waals surface area contributed by atoms with Crippen molar-refractivity contribution in [3.8, 4) is 11.5 Å². The molecule has 0 aromatic heterocycles. The Hall–Kier alpha value is -2.53. The van der Waals surface area contributed by atoms with Crippen molar-refractivity contribution in [2.75, 3.05) is 26.2 Å². The Morgan fingerprint density at radius 3 is 1.61 bits per heavy atom. The van der Waals surface area contributed by atoms with Gasteiger partial charge in [-0.3, -0.25) is 4.90 Å². The minimum Gasteiger partial charge on any atom is -0.428 e. The lowest BCUT2D eigenvalue weighted by Crippen LogP contribution is -2.45. The van der Waals surface area contributed by atoms with Gasteiger partial charge in [0.05, 0.1) is 6.04 Å². The van der Waals surface area contributed by atoms with Gasteiger partial charge in [-0.1, -0.05) is 24.3 Å². The molecule has 1 heterocycles. The van der Waals surface area contributed by atoms with Crippen LogP contribution in [0.5, 0.6) is 11.5 Å². The fourth-order valence-corrected chi connectivity index (χ4v) is 3.33. The number of alkyl halides is 7. The zero-order valence-corrected chi connectivity index (χ0v) is 16.0. The third-order valence-corrected chi connectivity index (χ3v) is 4.65. The van der Waals surface area contributed by atoms with E-state index in [9.17, 15) is 30.7 Å². The second-order valence-electron chi connectivity index (χ2n) is 6.84. The first-order chi connectivity index (χ1) is 14.5. The summed E-state index contributed by atoms with van der Waals surface area (Å²) in [5.41, 5.74) is 1.29. The van der Waals surface area contributed by atoms with Crippen LogP contribution >= 0.6 is 0 Å². The van der Waals surface area contributed by atoms with Crippen LogP contribution in [0.4, 0.5) is 30.7 Å². The zero-order valence-electron chi connectivity index (χ0n) is 16.0. The smallest absolute Gasteiger partial charge is 0.428 e. The van der Waals surface area contributed by atoms with Crippen molar-refractivity contribution in [3.05, 3.63) is 59.7 Å². The fraction of sp³-hybridized carbons (Fsp3) is 0.400. The number of halogens is 7. The first kappa shape index (κ1) is 23.1. The molecule has 0 bridgehead atoms. The van der Waals surface area contributed by atoms with E-state index in [1.54, 1.807) is 0 Å². The average molecular weight is 452 g/mol. The Labute approximate surface area is 173 Å². The number of rotatable bonds is 7. The fourth-order valence-electron chi connectivity index (χ4n) is 3.33. The topological polar surface area (TPSA) is 33.7 Å². The van der Waals surface area contributed by atoms with E-state index in [0.29, 0.717) is 37.3 Å². The summed E-state index contributed by atoms with van der Waals surface area (Å²) < 4.78 is 96.1. The maximum Gasteiger partial charge on any atom is 0.573 e. The van der Waals surface area contributed by atoms with Gasteiger partial charge in [0.1, 0.15) is 11.5 Å². The normalized spacial score (nSPS) is 16.9. The van der Waals surface area contributed by atoms with E-state index in [1.807, 2.05) is 0 Å². The highest BCUT2D eigenvalue weighted by atomic mass is 19.4. The van der Waals surface area contributed by atoms with Crippen molar-refractivity contribution < 1.29 is 40.2 Å². The molecule has 2 aromatic rings. The van der Waals surface area contributed by atoms with Gasteiger partial charge in [-0.15, -0.1) is 13.2 Å². The van der Waals surface area contributed by atoms with Gasteiger partial charge in [0.15, 0.2) is 0 Å². The highest BCUT2D eigenvalue weighted by Gasteiger charge is 2.44.